The van der Waals surface area contributed by atoms with Gasteiger partial charge in [0.2, 0.25) is 10.0 Å². The molecule has 1 fully saturated rings. The van der Waals surface area contributed by atoms with Crippen LogP contribution in [-0.2, 0) is 19.6 Å². The second-order valence-corrected chi connectivity index (χ2v) is 9.64. The average Bonchev–Trinajstić information content (AvgIpc) is 3.35. The van der Waals surface area contributed by atoms with Crippen molar-refractivity contribution in [2.75, 3.05) is 0 Å². The van der Waals surface area contributed by atoms with Crippen molar-refractivity contribution >= 4 is 21.7 Å². The quantitative estimate of drug-likeness (QED) is 0.308. The molecule has 1 aliphatic heterocycles. The number of nitrogens with zero attached hydrogens (tertiary/aromatic N) is 2. The van der Waals surface area contributed by atoms with Crippen LogP contribution < -0.4 is 0 Å². The lowest BCUT2D eigenvalue weighted by molar-refractivity contribution is -0.384. The van der Waals surface area contributed by atoms with Gasteiger partial charge in [-0.1, -0.05) is 30.3 Å². The minimum atomic E-state index is -3.94. The lowest BCUT2D eigenvalue weighted by atomic mass is 10.1. The fourth-order valence-electron chi connectivity index (χ4n) is 3.22. The summed E-state index contributed by atoms with van der Waals surface area (Å²) in [4.78, 5) is 22.5. The summed E-state index contributed by atoms with van der Waals surface area (Å²) >= 11 is 0. The Morgan fingerprint density at radius 2 is 1.69 bits per heavy atom. The summed E-state index contributed by atoms with van der Waals surface area (Å²) in [6, 6.07) is 12.7. The lowest BCUT2D eigenvalue weighted by Crippen LogP contribution is -2.25. The molecule has 3 rings (SSSR count). The molecule has 0 spiro atoms. The number of benzene rings is 2. The summed E-state index contributed by atoms with van der Waals surface area (Å²) in [6.07, 6.45) is -0.0803. The van der Waals surface area contributed by atoms with Crippen LogP contribution in [0, 0.1) is 10.1 Å². The van der Waals surface area contributed by atoms with Crippen LogP contribution in [0.15, 0.2) is 59.5 Å². The first-order valence-electron chi connectivity index (χ1n) is 9.05. The Balaban J connectivity index is 1.89. The van der Waals surface area contributed by atoms with Crippen molar-refractivity contribution in [3.63, 3.8) is 0 Å². The highest BCUT2D eigenvalue weighted by molar-refractivity contribution is 7.89. The molecule has 0 bridgehead atoms. The minimum absolute atomic E-state index is 0.0595. The number of nitro groups is 1. The molecule has 0 N–H and O–H groups in total. The third-order valence-electron chi connectivity index (χ3n) is 4.44. The van der Waals surface area contributed by atoms with Crippen LogP contribution in [0.25, 0.3) is 0 Å². The van der Waals surface area contributed by atoms with Crippen LogP contribution in [0.3, 0.4) is 0 Å². The molecular formula is C20H22N2O6S. The van der Waals surface area contributed by atoms with Crippen LogP contribution >= 0.6 is 0 Å². The van der Waals surface area contributed by atoms with E-state index in [1.807, 2.05) is 6.07 Å². The maximum absolute atomic E-state index is 13.1. The van der Waals surface area contributed by atoms with Gasteiger partial charge < -0.3 is 4.74 Å². The molecule has 0 radical (unpaired) electrons. The molecule has 1 saturated heterocycles. The molecule has 1 heterocycles. The SMILES string of the molecule is CC(C)(C)OC(=O)C[C@@H]1[C@@H](c2ccccc2)N1S(=O)(=O)c1ccc([N+](=O)[O-])cc1. The molecule has 8 nitrogen and oxygen atoms in total. The van der Waals surface area contributed by atoms with E-state index in [9.17, 15) is 23.3 Å². The Hall–Kier alpha value is -2.78. The van der Waals surface area contributed by atoms with Crippen LogP contribution in [0.1, 0.15) is 38.8 Å². The Labute approximate surface area is 169 Å². The molecule has 0 amide bonds. The molecule has 3 atom stereocenters. The van der Waals surface area contributed by atoms with Crippen LogP contribution in [0.5, 0.6) is 0 Å². The summed E-state index contributed by atoms with van der Waals surface area (Å²) in [7, 11) is -3.94. The molecular weight excluding hydrogens is 396 g/mol. The monoisotopic (exact) mass is 418 g/mol. The number of rotatable bonds is 6. The van der Waals surface area contributed by atoms with Crippen LogP contribution in [0.2, 0.25) is 0 Å². The third kappa shape index (κ3) is 4.63. The Morgan fingerprint density at radius 3 is 2.21 bits per heavy atom. The number of esters is 1. The summed E-state index contributed by atoms with van der Waals surface area (Å²) in [5, 5.41) is 10.8. The van der Waals surface area contributed by atoms with Gasteiger partial charge in [0.15, 0.2) is 0 Å². The highest BCUT2D eigenvalue weighted by atomic mass is 32.2. The zero-order valence-electron chi connectivity index (χ0n) is 16.3. The molecule has 2 aromatic carbocycles. The molecule has 9 heteroatoms. The van der Waals surface area contributed by atoms with E-state index in [1.54, 1.807) is 45.0 Å². The van der Waals surface area contributed by atoms with Gasteiger partial charge in [-0.15, -0.1) is 0 Å². The number of sulfonamides is 1. The van der Waals surface area contributed by atoms with Crippen molar-refractivity contribution in [1.29, 1.82) is 0 Å². The highest BCUT2D eigenvalue weighted by Crippen LogP contribution is 2.49. The predicted octanol–water partition coefficient (Wildman–Crippen LogP) is 3.44. The van der Waals surface area contributed by atoms with Gasteiger partial charge in [0, 0.05) is 12.1 Å². The Morgan fingerprint density at radius 1 is 1.10 bits per heavy atom. The predicted molar refractivity (Wildman–Crippen MR) is 106 cm³/mol. The average molecular weight is 418 g/mol. The van der Waals surface area contributed by atoms with Crippen molar-refractivity contribution < 1.29 is 22.9 Å². The summed E-state index contributed by atoms with van der Waals surface area (Å²) in [5.41, 5.74) is -0.0952. The van der Waals surface area contributed by atoms with Gasteiger partial charge in [-0.2, -0.15) is 4.31 Å². The van der Waals surface area contributed by atoms with E-state index < -0.39 is 38.6 Å². The van der Waals surface area contributed by atoms with E-state index in [2.05, 4.69) is 0 Å². The number of carbonyl (C=O) groups excluding carboxylic acids is 1. The number of carbonyl (C=O) groups is 1. The minimum Gasteiger partial charge on any atom is -0.460 e. The first-order valence-corrected chi connectivity index (χ1v) is 10.5. The van der Waals surface area contributed by atoms with Crippen molar-refractivity contribution in [2.45, 2.75) is 49.8 Å². The smallest absolute Gasteiger partial charge is 0.308 e. The molecule has 0 aromatic heterocycles. The van der Waals surface area contributed by atoms with Crippen molar-refractivity contribution in [3.05, 3.63) is 70.3 Å². The lowest BCUT2D eigenvalue weighted by Gasteiger charge is -2.19. The number of nitro benzene ring substituents is 1. The van der Waals surface area contributed by atoms with Gasteiger partial charge >= 0.3 is 5.97 Å². The Bertz CT molecular complexity index is 1010. The number of non-ortho nitro benzene ring substituents is 1. The zero-order chi connectivity index (χ0) is 21.4. The Kier molecular flexibility index (Phi) is 5.46. The van der Waals surface area contributed by atoms with Crippen molar-refractivity contribution in [3.8, 4) is 0 Å². The molecule has 1 unspecified atom stereocenters. The fourth-order valence-corrected chi connectivity index (χ4v) is 5.00. The maximum Gasteiger partial charge on any atom is 0.308 e. The van der Waals surface area contributed by atoms with Gasteiger partial charge in [0.1, 0.15) is 5.60 Å². The van der Waals surface area contributed by atoms with E-state index in [-0.39, 0.29) is 17.0 Å². The first-order chi connectivity index (χ1) is 13.5. The fraction of sp³-hybridized carbons (Fsp3) is 0.350. The highest BCUT2D eigenvalue weighted by Gasteiger charge is 2.57. The topological polar surface area (TPSA) is 107 Å². The number of ether oxygens (including phenoxy) is 1. The first kappa shape index (κ1) is 20.9. The third-order valence-corrected chi connectivity index (χ3v) is 6.36. The molecule has 154 valence electrons. The van der Waals surface area contributed by atoms with E-state index in [4.69, 9.17) is 4.74 Å². The van der Waals surface area contributed by atoms with Crippen LogP contribution in [-0.4, -0.2) is 35.3 Å². The normalized spacial score (nSPS) is 21.4. The second kappa shape index (κ2) is 7.57. The molecule has 0 saturated carbocycles. The van der Waals surface area contributed by atoms with E-state index in [0.29, 0.717) is 0 Å². The van der Waals surface area contributed by atoms with Crippen molar-refractivity contribution in [1.82, 2.24) is 4.31 Å². The largest absolute Gasteiger partial charge is 0.460 e. The molecule has 0 aliphatic carbocycles. The van der Waals surface area contributed by atoms with Gasteiger partial charge in [-0.3, -0.25) is 14.9 Å². The number of hydrogen-bond acceptors (Lipinski definition) is 6. The number of hydrogen-bond donors (Lipinski definition) is 0. The van der Waals surface area contributed by atoms with Gasteiger partial charge in [-0.05, 0) is 38.5 Å². The van der Waals surface area contributed by atoms with Gasteiger partial charge in [0.25, 0.3) is 5.69 Å². The van der Waals surface area contributed by atoms with Gasteiger partial charge in [0.05, 0.1) is 28.3 Å². The summed E-state index contributed by atoms with van der Waals surface area (Å²) in [5.74, 6) is -0.482. The maximum atomic E-state index is 13.1. The van der Waals surface area contributed by atoms with E-state index in [0.717, 1.165) is 17.7 Å². The van der Waals surface area contributed by atoms with Crippen LogP contribution in [0.4, 0.5) is 5.69 Å². The summed E-state index contributed by atoms with van der Waals surface area (Å²) < 4.78 is 32.9. The van der Waals surface area contributed by atoms with Crippen molar-refractivity contribution in [2.24, 2.45) is 0 Å². The molecule has 29 heavy (non-hydrogen) atoms. The standard InChI is InChI=1S/C20H22N2O6S/c1-20(2,3)28-18(23)13-17-19(14-7-5-4-6-8-14)21(17)29(26,27)16-11-9-15(10-12-16)22(24)25/h4-12,17,19H,13H2,1-3H3/t17-,19-,21?/m1/s1. The second-order valence-electron chi connectivity index (χ2n) is 7.80. The van der Waals surface area contributed by atoms with E-state index >= 15 is 0 Å². The van der Waals surface area contributed by atoms with E-state index in [1.165, 1.54) is 16.4 Å². The summed E-state index contributed by atoms with van der Waals surface area (Å²) in [6.45, 7) is 5.24. The molecule has 2 aromatic rings. The van der Waals surface area contributed by atoms with Gasteiger partial charge in [-0.25, -0.2) is 8.42 Å². The molecule has 1 aliphatic rings. The zero-order valence-corrected chi connectivity index (χ0v) is 17.1.